The maximum atomic E-state index is 14.8. The van der Waals surface area contributed by atoms with Crippen molar-refractivity contribution in [1.82, 2.24) is 41.5 Å². The lowest BCUT2D eigenvalue weighted by atomic mass is 9.77. The molecule has 89 heavy (non-hydrogen) atoms. The zero-order chi connectivity index (χ0) is 64.5. The Balaban J connectivity index is 1.13. The second-order valence-corrected chi connectivity index (χ2v) is 23.8. The average molecular weight is 1210 g/mol. The highest BCUT2D eigenvalue weighted by atomic mass is 16.5. The van der Waals surface area contributed by atoms with Crippen LogP contribution in [0.2, 0.25) is 0 Å². The van der Waals surface area contributed by atoms with Gasteiger partial charge in [0.25, 0.3) is 0 Å². The summed E-state index contributed by atoms with van der Waals surface area (Å²) in [4.78, 5) is 115. The van der Waals surface area contributed by atoms with Crippen LogP contribution in [0.25, 0.3) is 0 Å². The van der Waals surface area contributed by atoms with Gasteiger partial charge in [0.1, 0.15) is 64.5 Å². The van der Waals surface area contributed by atoms with Crippen molar-refractivity contribution in [2.24, 2.45) is 5.73 Å². The second kappa shape index (κ2) is 30.0. The first-order valence-electron chi connectivity index (χ1n) is 29.4. The van der Waals surface area contributed by atoms with E-state index in [4.69, 9.17) is 20.2 Å². The standard InChI is InChI=1S/C69H79N9O11/c1-44(72-62(82)57(73-45(2)79)40-52-42-78(43-71-52)69(49-23-15-10-16-24-49,50-25-17-11-18-26-50)51-27-19-12-20-28-51)61(81)74-58(41-60(70)80)65(85)76-55(37-47-29-33-53(34-30-47)88-67(3,4)5)63(83)75-56(38-48-31-35-54(36-32-48)89-68(6,7)8)64(84)77-59(66(86)87)39-46-21-13-9-14-22-46/h9-36,42-44,55-59H,37-41H2,1-8H3,(H2,70,80)(H,72,82)(H,73,79)(H,74,81)(H,75,83)(H,76,85)(H,77,84)(H,86,87). The Labute approximate surface area is 518 Å². The number of hydrogen-bond donors (Lipinski definition) is 8. The average Bonchev–Trinajstić information content (AvgIpc) is 1.77. The summed E-state index contributed by atoms with van der Waals surface area (Å²) in [5, 5.41) is 26.1. The highest BCUT2D eigenvalue weighted by molar-refractivity contribution is 5.98. The van der Waals surface area contributed by atoms with Crippen molar-refractivity contribution in [3.63, 3.8) is 0 Å². The molecular weight excluding hydrogens is 1130 g/mol. The van der Waals surface area contributed by atoms with Gasteiger partial charge < -0.3 is 56.8 Å². The van der Waals surface area contributed by atoms with Crippen molar-refractivity contribution in [3.05, 3.63) is 221 Å². The van der Waals surface area contributed by atoms with Crippen molar-refractivity contribution in [1.29, 1.82) is 0 Å². The molecule has 0 spiro atoms. The molecule has 1 heterocycles. The molecule has 0 saturated carbocycles. The van der Waals surface area contributed by atoms with Gasteiger partial charge in [-0.1, -0.05) is 146 Å². The number of carbonyl (C=O) groups is 8. The molecule has 6 atom stereocenters. The molecule has 7 amide bonds. The van der Waals surface area contributed by atoms with Crippen LogP contribution in [0, 0.1) is 0 Å². The van der Waals surface area contributed by atoms with E-state index in [1.807, 2.05) is 143 Å². The number of nitrogens with zero attached hydrogens (tertiary/aromatic N) is 2. The fraction of sp³-hybridized carbons (Fsp3) is 0.319. The first kappa shape index (κ1) is 66.4. The van der Waals surface area contributed by atoms with Gasteiger partial charge in [-0.05, 0) is 106 Å². The summed E-state index contributed by atoms with van der Waals surface area (Å²) in [5.74, 6) is -6.27. The van der Waals surface area contributed by atoms with Crippen LogP contribution in [-0.4, -0.2) is 109 Å². The molecule has 20 nitrogen and oxygen atoms in total. The lowest BCUT2D eigenvalue weighted by Gasteiger charge is -2.37. The van der Waals surface area contributed by atoms with Crippen molar-refractivity contribution in [2.45, 2.75) is 140 Å². The summed E-state index contributed by atoms with van der Waals surface area (Å²) < 4.78 is 14.0. The lowest BCUT2D eigenvalue weighted by Crippen LogP contribution is -2.60. The number of aromatic nitrogens is 2. The minimum absolute atomic E-state index is 0.0758. The largest absolute Gasteiger partial charge is 0.488 e. The molecule has 9 N–H and O–H groups in total. The van der Waals surface area contributed by atoms with E-state index in [0.29, 0.717) is 33.9 Å². The van der Waals surface area contributed by atoms with E-state index in [1.165, 1.54) is 13.8 Å². The normalized spacial score (nSPS) is 13.6. The topological polar surface area (TPSA) is 291 Å². The predicted molar refractivity (Wildman–Crippen MR) is 336 cm³/mol. The summed E-state index contributed by atoms with van der Waals surface area (Å²) in [5.41, 5.74) is 8.60. The molecule has 1 aromatic heterocycles. The number of rotatable bonds is 28. The molecule has 7 aromatic rings. The second-order valence-electron chi connectivity index (χ2n) is 23.8. The zero-order valence-electron chi connectivity index (χ0n) is 51.3. The van der Waals surface area contributed by atoms with E-state index >= 15 is 0 Å². The summed E-state index contributed by atoms with van der Waals surface area (Å²) in [6, 6.07) is 43.2. The molecule has 0 aliphatic heterocycles. The molecule has 0 fully saturated rings. The molecule has 0 radical (unpaired) electrons. The number of primary amides is 1. The van der Waals surface area contributed by atoms with Gasteiger partial charge in [0.15, 0.2) is 0 Å². The van der Waals surface area contributed by atoms with Crippen LogP contribution in [0.5, 0.6) is 11.5 Å². The SMILES string of the molecule is CC(=O)NC(Cc1cn(C(c2ccccc2)(c2ccccc2)c2ccccc2)cn1)C(=O)NC(C)C(=O)NC(CC(N)=O)C(=O)NC(Cc1ccc(OC(C)(C)C)cc1)C(=O)NC(Cc1ccc(OC(C)(C)C)cc1)C(=O)NC(Cc1ccccc1)C(=O)O. The molecule has 20 heteroatoms. The zero-order valence-corrected chi connectivity index (χ0v) is 51.3. The number of nitrogens with two attached hydrogens (primary N) is 1. The number of carbonyl (C=O) groups excluding carboxylic acids is 7. The van der Waals surface area contributed by atoms with Gasteiger partial charge >= 0.3 is 5.97 Å². The van der Waals surface area contributed by atoms with Gasteiger partial charge in [-0.2, -0.15) is 0 Å². The van der Waals surface area contributed by atoms with Gasteiger partial charge in [-0.25, -0.2) is 9.78 Å². The molecule has 0 aliphatic carbocycles. The number of imidazole rings is 1. The quantitative estimate of drug-likeness (QED) is 0.0252. The van der Waals surface area contributed by atoms with E-state index in [2.05, 4.69) is 31.9 Å². The first-order chi connectivity index (χ1) is 42.3. The fourth-order valence-corrected chi connectivity index (χ4v) is 10.2. The van der Waals surface area contributed by atoms with Gasteiger partial charge in [-0.15, -0.1) is 0 Å². The van der Waals surface area contributed by atoms with Crippen LogP contribution in [0.3, 0.4) is 0 Å². The van der Waals surface area contributed by atoms with E-state index in [0.717, 1.165) is 16.7 Å². The number of ether oxygens (including phenoxy) is 2. The molecule has 6 unspecified atom stereocenters. The van der Waals surface area contributed by atoms with Crippen LogP contribution >= 0.6 is 0 Å². The number of amides is 7. The summed E-state index contributed by atoms with van der Waals surface area (Å²) in [6.07, 6.45) is 2.19. The fourth-order valence-electron chi connectivity index (χ4n) is 10.2. The highest BCUT2D eigenvalue weighted by Crippen LogP contribution is 2.41. The Kier molecular flexibility index (Phi) is 22.4. The van der Waals surface area contributed by atoms with Crippen molar-refractivity contribution in [2.75, 3.05) is 0 Å². The van der Waals surface area contributed by atoms with Gasteiger partial charge in [0, 0.05) is 38.8 Å². The van der Waals surface area contributed by atoms with Gasteiger partial charge in [0.05, 0.1) is 18.4 Å². The van der Waals surface area contributed by atoms with Crippen molar-refractivity contribution >= 4 is 47.3 Å². The van der Waals surface area contributed by atoms with Crippen molar-refractivity contribution < 1.29 is 52.9 Å². The van der Waals surface area contributed by atoms with Crippen LogP contribution in [-0.2, 0) is 69.6 Å². The van der Waals surface area contributed by atoms with Crippen LogP contribution in [0.4, 0.5) is 0 Å². The summed E-state index contributed by atoms with van der Waals surface area (Å²) in [6.45, 7) is 13.9. The maximum absolute atomic E-state index is 14.8. The minimum atomic E-state index is -1.71. The third kappa shape index (κ3) is 19.2. The Morgan fingerprint density at radius 3 is 1.24 bits per heavy atom. The van der Waals surface area contributed by atoms with Crippen molar-refractivity contribution in [3.8, 4) is 11.5 Å². The van der Waals surface area contributed by atoms with E-state index < -0.39 is 107 Å². The van der Waals surface area contributed by atoms with E-state index in [1.54, 1.807) is 85.2 Å². The first-order valence-corrected chi connectivity index (χ1v) is 29.4. The Morgan fingerprint density at radius 2 is 0.831 bits per heavy atom. The summed E-state index contributed by atoms with van der Waals surface area (Å²) >= 11 is 0. The maximum Gasteiger partial charge on any atom is 0.326 e. The third-order valence-corrected chi connectivity index (χ3v) is 14.2. The Bertz CT molecular complexity index is 3440. The number of carboxylic acids is 1. The van der Waals surface area contributed by atoms with Gasteiger partial charge in [-0.3, -0.25) is 33.6 Å². The minimum Gasteiger partial charge on any atom is -0.488 e. The van der Waals surface area contributed by atoms with Crippen LogP contribution < -0.4 is 47.1 Å². The number of nitrogens with one attached hydrogen (secondary N) is 6. The van der Waals surface area contributed by atoms with Crippen LogP contribution in [0.15, 0.2) is 182 Å². The Morgan fingerprint density at radius 1 is 0.472 bits per heavy atom. The molecular formula is C69H79N9O11. The number of carboxylic acid groups (broad SMARTS) is 1. The molecule has 0 bridgehead atoms. The number of aliphatic carboxylic acids is 1. The Hall–Kier alpha value is -10.1. The molecule has 0 aliphatic rings. The summed E-state index contributed by atoms with van der Waals surface area (Å²) in [7, 11) is 0. The number of benzene rings is 6. The van der Waals surface area contributed by atoms with E-state index in [-0.39, 0.29) is 25.7 Å². The predicted octanol–water partition coefficient (Wildman–Crippen LogP) is 6.26. The van der Waals surface area contributed by atoms with Crippen LogP contribution in [0.1, 0.15) is 101 Å². The lowest BCUT2D eigenvalue weighted by molar-refractivity contribution is -0.142. The molecule has 6 aromatic carbocycles. The number of hydrogen-bond acceptors (Lipinski definition) is 11. The van der Waals surface area contributed by atoms with Gasteiger partial charge in [0.2, 0.25) is 41.4 Å². The molecule has 7 rings (SSSR count). The van der Waals surface area contributed by atoms with E-state index in [9.17, 15) is 43.5 Å². The monoisotopic (exact) mass is 1210 g/mol. The molecule has 466 valence electrons. The molecule has 0 saturated heterocycles. The highest BCUT2D eigenvalue weighted by Gasteiger charge is 2.39. The smallest absolute Gasteiger partial charge is 0.326 e. The third-order valence-electron chi connectivity index (χ3n) is 14.2.